The highest BCUT2D eigenvalue weighted by Crippen LogP contribution is 2.40. The number of halogens is 1. The van der Waals surface area contributed by atoms with E-state index in [1.807, 2.05) is 30.3 Å². The number of benzene rings is 1. The average Bonchev–Trinajstić information content (AvgIpc) is 3.10. The average molecular weight is 398 g/mol. The molecule has 1 fully saturated rings. The fourth-order valence-electron chi connectivity index (χ4n) is 3.47. The van der Waals surface area contributed by atoms with Crippen LogP contribution in [0.4, 0.5) is 4.79 Å². The summed E-state index contributed by atoms with van der Waals surface area (Å²) in [6.07, 6.45) is 0.553. The Morgan fingerprint density at radius 1 is 1.19 bits per heavy atom. The highest BCUT2D eigenvalue weighted by Gasteiger charge is 2.57. The number of likely N-dealkylation sites (tertiary alicyclic amines) is 1. The molecule has 1 aromatic rings. The molecule has 0 aromatic heterocycles. The topological polar surface area (TPSA) is 82.1 Å². The van der Waals surface area contributed by atoms with Crippen LogP contribution >= 0.6 is 11.6 Å². The molecular formula is C19H24ClNO6. The van der Waals surface area contributed by atoms with E-state index in [9.17, 15) is 14.4 Å². The number of rotatable bonds is 7. The van der Waals surface area contributed by atoms with E-state index in [1.54, 1.807) is 0 Å². The van der Waals surface area contributed by atoms with Crippen LogP contribution in [-0.4, -0.2) is 54.6 Å². The Balaban J connectivity index is 2.30. The number of methoxy groups -OCH3 is 2. The minimum Gasteiger partial charge on any atom is -0.467 e. The molecule has 0 spiro atoms. The molecule has 0 N–H and O–H groups in total. The Morgan fingerprint density at radius 2 is 1.89 bits per heavy atom. The lowest BCUT2D eigenvalue weighted by atomic mass is 9.91. The van der Waals surface area contributed by atoms with Crippen molar-refractivity contribution >= 4 is 29.6 Å². The third-order valence-electron chi connectivity index (χ3n) is 4.77. The first kappa shape index (κ1) is 21.0. The van der Waals surface area contributed by atoms with Crippen molar-refractivity contribution in [2.45, 2.75) is 43.9 Å². The number of esters is 2. The maximum Gasteiger partial charge on any atom is 0.411 e. The van der Waals surface area contributed by atoms with Crippen molar-refractivity contribution in [3.05, 3.63) is 35.9 Å². The highest BCUT2D eigenvalue weighted by atomic mass is 35.5. The second kappa shape index (κ2) is 9.60. The third-order valence-corrected chi connectivity index (χ3v) is 5.04. The largest absolute Gasteiger partial charge is 0.467 e. The van der Waals surface area contributed by atoms with E-state index >= 15 is 0 Å². The Kier molecular flexibility index (Phi) is 7.47. The zero-order valence-electron chi connectivity index (χ0n) is 15.5. The first-order chi connectivity index (χ1) is 13.0. The molecular weight excluding hydrogens is 374 g/mol. The van der Waals surface area contributed by atoms with Crippen molar-refractivity contribution in [3.63, 3.8) is 0 Å². The lowest BCUT2D eigenvalue weighted by Crippen LogP contribution is -2.58. The van der Waals surface area contributed by atoms with Crippen molar-refractivity contribution in [2.24, 2.45) is 0 Å². The second-order valence-corrected chi connectivity index (χ2v) is 6.68. The Bertz CT molecular complexity index is 667. The Morgan fingerprint density at radius 3 is 2.48 bits per heavy atom. The van der Waals surface area contributed by atoms with Crippen molar-refractivity contribution in [1.82, 2.24) is 4.90 Å². The number of hydrogen-bond donors (Lipinski definition) is 0. The number of nitrogens with zero attached hydrogens (tertiary/aromatic N) is 1. The molecule has 1 heterocycles. The van der Waals surface area contributed by atoms with E-state index in [0.29, 0.717) is 12.3 Å². The summed E-state index contributed by atoms with van der Waals surface area (Å²) in [6, 6.07) is 8.23. The van der Waals surface area contributed by atoms with Gasteiger partial charge in [0.1, 0.15) is 18.2 Å². The number of ether oxygens (including phenoxy) is 3. The number of carbonyl (C=O) groups is 3. The predicted octanol–water partition coefficient (Wildman–Crippen LogP) is 2.89. The minimum atomic E-state index is -1.30. The lowest BCUT2D eigenvalue weighted by Gasteiger charge is -2.37. The number of alkyl halides is 1. The van der Waals surface area contributed by atoms with Crippen LogP contribution in [0.3, 0.4) is 0 Å². The van der Waals surface area contributed by atoms with Crippen LogP contribution in [0.2, 0.25) is 0 Å². The molecule has 2 unspecified atom stereocenters. The molecule has 1 saturated heterocycles. The van der Waals surface area contributed by atoms with Crippen LogP contribution in [0, 0.1) is 0 Å². The Hall–Kier alpha value is -2.28. The smallest absolute Gasteiger partial charge is 0.411 e. The molecule has 0 saturated carbocycles. The summed E-state index contributed by atoms with van der Waals surface area (Å²) in [5.74, 6) is -0.867. The van der Waals surface area contributed by atoms with E-state index < -0.39 is 29.6 Å². The minimum absolute atomic E-state index is 0.0246. The van der Waals surface area contributed by atoms with Gasteiger partial charge in [0.15, 0.2) is 0 Å². The molecule has 8 heteroatoms. The van der Waals surface area contributed by atoms with Crippen LogP contribution in [0.5, 0.6) is 0 Å². The molecule has 27 heavy (non-hydrogen) atoms. The predicted molar refractivity (Wildman–Crippen MR) is 98.2 cm³/mol. The molecule has 1 aliphatic rings. The van der Waals surface area contributed by atoms with Crippen LogP contribution < -0.4 is 0 Å². The first-order valence-electron chi connectivity index (χ1n) is 8.72. The van der Waals surface area contributed by atoms with Gasteiger partial charge in [-0.05, 0) is 31.2 Å². The lowest BCUT2D eigenvalue weighted by molar-refractivity contribution is -0.157. The zero-order valence-corrected chi connectivity index (χ0v) is 16.2. The van der Waals surface area contributed by atoms with Gasteiger partial charge in [0.05, 0.1) is 14.2 Å². The van der Waals surface area contributed by atoms with Crippen molar-refractivity contribution in [3.8, 4) is 0 Å². The first-order valence-corrected chi connectivity index (χ1v) is 9.26. The summed E-state index contributed by atoms with van der Waals surface area (Å²) in [5, 5.41) is 0. The van der Waals surface area contributed by atoms with Gasteiger partial charge in [-0.15, -0.1) is 11.6 Å². The number of hydrogen-bond acceptors (Lipinski definition) is 6. The number of amides is 1. The van der Waals surface area contributed by atoms with Crippen LogP contribution in [0.1, 0.15) is 31.2 Å². The molecule has 1 aromatic carbocycles. The van der Waals surface area contributed by atoms with Gasteiger partial charge >= 0.3 is 18.0 Å². The van der Waals surface area contributed by atoms with E-state index in [4.69, 9.17) is 25.8 Å². The normalized spacial score (nSPS) is 21.6. The molecule has 0 bridgehead atoms. The molecule has 1 aliphatic heterocycles. The zero-order chi connectivity index (χ0) is 19.9. The fourth-order valence-corrected chi connectivity index (χ4v) is 3.60. The van der Waals surface area contributed by atoms with Gasteiger partial charge in [0.2, 0.25) is 0 Å². The van der Waals surface area contributed by atoms with E-state index in [-0.39, 0.29) is 25.9 Å². The monoisotopic (exact) mass is 397 g/mol. The summed E-state index contributed by atoms with van der Waals surface area (Å²) in [7, 11) is 2.50. The summed E-state index contributed by atoms with van der Waals surface area (Å²) < 4.78 is 15.2. The molecule has 0 radical (unpaired) electrons. The van der Waals surface area contributed by atoms with Crippen molar-refractivity contribution < 1.29 is 28.6 Å². The van der Waals surface area contributed by atoms with Crippen molar-refractivity contribution in [1.29, 1.82) is 0 Å². The van der Waals surface area contributed by atoms with Crippen LogP contribution in [-0.2, 0) is 30.4 Å². The third kappa shape index (κ3) is 4.53. The highest BCUT2D eigenvalue weighted by molar-refractivity contribution is 6.17. The van der Waals surface area contributed by atoms with Gasteiger partial charge < -0.3 is 14.2 Å². The molecule has 7 nitrogen and oxygen atoms in total. The van der Waals surface area contributed by atoms with Gasteiger partial charge in [0, 0.05) is 5.88 Å². The quantitative estimate of drug-likeness (QED) is 0.399. The maximum absolute atomic E-state index is 12.9. The summed E-state index contributed by atoms with van der Waals surface area (Å²) in [6.45, 7) is 0.0246. The summed E-state index contributed by atoms with van der Waals surface area (Å²) >= 11 is 5.81. The van der Waals surface area contributed by atoms with Crippen molar-refractivity contribution in [2.75, 3.05) is 20.1 Å². The molecule has 148 valence electrons. The van der Waals surface area contributed by atoms with Crippen LogP contribution in [0.25, 0.3) is 0 Å². The van der Waals surface area contributed by atoms with E-state index in [0.717, 1.165) is 5.56 Å². The standard InChI is InChI=1S/C19H24ClNO6/c1-25-16(22)15-9-11-19(10-6-12-20,17(23)26-2)21(15)18(24)27-13-14-7-4-3-5-8-14/h3-5,7-8,15H,6,9-13H2,1-2H3. The van der Waals surface area contributed by atoms with Gasteiger partial charge in [-0.25, -0.2) is 14.4 Å². The van der Waals surface area contributed by atoms with E-state index in [1.165, 1.54) is 19.1 Å². The molecule has 2 atom stereocenters. The SMILES string of the molecule is COC(=O)C1CCC(CCCCl)(C(=O)OC)N1C(=O)OCc1ccccc1. The number of carbonyl (C=O) groups excluding carboxylic acids is 3. The molecule has 1 amide bonds. The Labute approximate surface area is 163 Å². The van der Waals surface area contributed by atoms with Gasteiger partial charge in [-0.2, -0.15) is 0 Å². The maximum atomic E-state index is 12.9. The second-order valence-electron chi connectivity index (χ2n) is 6.30. The molecule has 2 rings (SSSR count). The van der Waals surface area contributed by atoms with Crippen LogP contribution in [0.15, 0.2) is 30.3 Å². The van der Waals surface area contributed by atoms with E-state index in [2.05, 4.69) is 0 Å². The van der Waals surface area contributed by atoms with Gasteiger partial charge in [0.25, 0.3) is 0 Å². The molecule has 0 aliphatic carbocycles. The fraction of sp³-hybridized carbons (Fsp3) is 0.526. The van der Waals surface area contributed by atoms with Gasteiger partial charge in [-0.3, -0.25) is 4.90 Å². The summed E-state index contributed by atoms with van der Waals surface area (Å²) in [5.41, 5.74) is -0.500. The van der Waals surface area contributed by atoms with Gasteiger partial charge in [-0.1, -0.05) is 30.3 Å². The summed E-state index contributed by atoms with van der Waals surface area (Å²) in [4.78, 5) is 38.9.